The van der Waals surface area contributed by atoms with Gasteiger partial charge < -0.3 is 15.1 Å². The first-order valence-corrected chi connectivity index (χ1v) is 8.78. The summed E-state index contributed by atoms with van der Waals surface area (Å²) >= 11 is 0. The van der Waals surface area contributed by atoms with Crippen LogP contribution in [0.5, 0.6) is 0 Å². The van der Waals surface area contributed by atoms with Gasteiger partial charge in [-0.3, -0.25) is 4.99 Å². The second-order valence-electron chi connectivity index (χ2n) is 7.22. The van der Waals surface area contributed by atoms with Crippen molar-refractivity contribution in [2.45, 2.75) is 46.5 Å². The lowest BCUT2D eigenvalue weighted by molar-refractivity contribution is 0.317. The highest BCUT2D eigenvalue weighted by Gasteiger charge is 2.33. The van der Waals surface area contributed by atoms with E-state index in [0.717, 1.165) is 31.5 Å². The number of hydrogen-bond acceptors (Lipinski definition) is 2. The van der Waals surface area contributed by atoms with Crippen LogP contribution in [-0.4, -0.2) is 62.1 Å². The third-order valence-electron chi connectivity index (χ3n) is 5.38. The molecular formula is C17H35IN4. The second kappa shape index (κ2) is 9.30. The summed E-state index contributed by atoms with van der Waals surface area (Å²) in [5.74, 6) is 1.90. The molecule has 0 amide bonds. The van der Waals surface area contributed by atoms with Crippen LogP contribution in [0.1, 0.15) is 46.5 Å². The van der Waals surface area contributed by atoms with Gasteiger partial charge in [0.15, 0.2) is 5.96 Å². The quantitative estimate of drug-likeness (QED) is 0.420. The monoisotopic (exact) mass is 422 g/mol. The van der Waals surface area contributed by atoms with Gasteiger partial charge in [0.05, 0.1) is 0 Å². The molecular weight excluding hydrogens is 387 g/mol. The number of hydrogen-bond donors (Lipinski definition) is 1. The molecule has 0 saturated carbocycles. The van der Waals surface area contributed by atoms with Gasteiger partial charge >= 0.3 is 0 Å². The summed E-state index contributed by atoms with van der Waals surface area (Å²) in [6, 6.07) is 0. The van der Waals surface area contributed by atoms with Gasteiger partial charge in [0.1, 0.15) is 0 Å². The van der Waals surface area contributed by atoms with Crippen molar-refractivity contribution in [3.8, 4) is 0 Å². The lowest BCUT2D eigenvalue weighted by Gasteiger charge is -2.26. The van der Waals surface area contributed by atoms with Crippen LogP contribution in [0.2, 0.25) is 0 Å². The zero-order chi connectivity index (χ0) is 15.3. The Balaban J connectivity index is 0.00000242. The molecule has 2 aliphatic heterocycles. The fraction of sp³-hybridized carbons (Fsp3) is 0.941. The number of nitrogens with one attached hydrogen (secondary N) is 1. The SMILES string of the molecule is CCCN1CCC(CNC(=NC)N2CCC(C)(CC)C2)C1.I. The van der Waals surface area contributed by atoms with E-state index in [1.807, 2.05) is 7.05 Å². The van der Waals surface area contributed by atoms with Crippen LogP contribution in [0.3, 0.4) is 0 Å². The van der Waals surface area contributed by atoms with E-state index >= 15 is 0 Å². The van der Waals surface area contributed by atoms with E-state index in [1.165, 1.54) is 45.3 Å². The maximum atomic E-state index is 4.50. The minimum atomic E-state index is 0. The van der Waals surface area contributed by atoms with E-state index in [0.29, 0.717) is 5.41 Å². The van der Waals surface area contributed by atoms with Gasteiger partial charge in [-0.15, -0.1) is 24.0 Å². The van der Waals surface area contributed by atoms with Crippen molar-refractivity contribution in [3.63, 3.8) is 0 Å². The molecule has 2 unspecified atom stereocenters. The lowest BCUT2D eigenvalue weighted by atomic mass is 9.87. The number of likely N-dealkylation sites (tertiary alicyclic amines) is 2. The third kappa shape index (κ3) is 5.25. The Morgan fingerprint density at radius 3 is 2.68 bits per heavy atom. The van der Waals surface area contributed by atoms with E-state index in [4.69, 9.17) is 0 Å². The first kappa shape index (κ1) is 20.0. The van der Waals surface area contributed by atoms with Gasteiger partial charge in [-0.2, -0.15) is 0 Å². The highest BCUT2D eigenvalue weighted by atomic mass is 127. The molecule has 0 bridgehead atoms. The largest absolute Gasteiger partial charge is 0.356 e. The summed E-state index contributed by atoms with van der Waals surface area (Å²) in [6.45, 7) is 14.1. The van der Waals surface area contributed by atoms with Crippen LogP contribution in [0.25, 0.3) is 0 Å². The summed E-state index contributed by atoms with van der Waals surface area (Å²) < 4.78 is 0. The molecule has 0 spiro atoms. The Bertz CT molecular complexity index is 361. The van der Waals surface area contributed by atoms with E-state index in [1.54, 1.807) is 0 Å². The molecule has 22 heavy (non-hydrogen) atoms. The van der Waals surface area contributed by atoms with Gasteiger partial charge in [0.2, 0.25) is 0 Å². The summed E-state index contributed by atoms with van der Waals surface area (Å²) in [5, 5.41) is 3.63. The molecule has 1 N–H and O–H groups in total. The van der Waals surface area contributed by atoms with E-state index in [-0.39, 0.29) is 24.0 Å². The Labute approximate surface area is 154 Å². The number of nitrogens with zero attached hydrogens (tertiary/aromatic N) is 3. The van der Waals surface area contributed by atoms with Gasteiger partial charge in [-0.05, 0) is 50.1 Å². The van der Waals surface area contributed by atoms with Crippen LogP contribution in [-0.2, 0) is 0 Å². The normalized spacial score (nSPS) is 29.7. The Kier molecular flexibility index (Phi) is 8.46. The topological polar surface area (TPSA) is 30.9 Å². The maximum Gasteiger partial charge on any atom is 0.193 e. The standard InChI is InChI=1S/C17H34N4.HI/c1-5-9-20-10-7-15(13-20)12-19-16(18-4)21-11-8-17(3,6-2)14-21;/h15H,5-14H2,1-4H3,(H,18,19);1H. The second-order valence-corrected chi connectivity index (χ2v) is 7.22. The minimum Gasteiger partial charge on any atom is -0.356 e. The molecule has 4 nitrogen and oxygen atoms in total. The Hall–Kier alpha value is -0.0400. The van der Waals surface area contributed by atoms with Crippen molar-refractivity contribution in [1.29, 1.82) is 0 Å². The van der Waals surface area contributed by atoms with E-state index in [9.17, 15) is 0 Å². The summed E-state index contributed by atoms with van der Waals surface area (Å²) in [5.41, 5.74) is 0.475. The molecule has 2 atom stereocenters. The van der Waals surface area contributed by atoms with Gasteiger partial charge in [0, 0.05) is 33.2 Å². The zero-order valence-electron chi connectivity index (χ0n) is 14.9. The predicted molar refractivity (Wildman–Crippen MR) is 106 cm³/mol. The summed E-state index contributed by atoms with van der Waals surface area (Å²) in [4.78, 5) is 9.55. The fourth-order valence-corrected chi connectivity index (χ4v) is 3.66. The molecule has 2 rings (SSSR count). The predicted octanol–water partition coefficient (Wildman–Crippen LogP) is 3.03. The number of aliphatic imine (C=N–C) groups is 1. The van der Waals surface area contributed by atoms with Gasteiger partial charge in [-0.1, -0.05) is 20.8 Å². The molecule has 0 aromatic carbocycles. The van der Waals surface area contributed by atoms with Gasteiger partial charge in [0.25, 0.3) is 0 Å². The van der Waals surface area contributed by atoms with Gasteiger partial charge in [-0.25, -0.2) is 0 Å². The van der Waals surface area contributed by atoms with Crippen molar-refractivity contribution >= 4 is 29.9 Å². The highest BCUT2D eigenvalue weighted by Crippen LogP contribution is 2.32. The van der Waals surface area contributed by atoms with Crippen molar-refractivity contribution in [2.24, 2.45) is 16.3 Å². The molecule has 2 heterocycles. The molecule has 0 radical (unpaired) electrons. The average molecular weight is 422 g/mol. The molecule has 0 aliphatic carbocycles. The van der Waals surface area contributed by atoms with Crippen molar-refractivity contribution in [2.75, 3.05) is 46.3 Å². The summed E-state index contributed by atoms with van der Waals surface area (Å²) in [6.07, 6.45) is 5.15. The highest BCUT2D eigenvalue weighted by molar-refractivity contribution is 14.0. The average Bonchev–Trinajstić information content (AvgIpc) is 3.08. The van der Waals surface area contributed by atoms with Crippen molar-refractivity contribution in [3.05, 3.63) is 0 Å². The first-order chi connectivity index (χ1) is 10.1. The number of halogens is 1. The smallest absolute Gasteiger partial charge is 0.193 e. The zero-order valence-corrected chi connectivity index (χ0v) is 17.2. The molecule has 2 aliphatic rings. The molecule has 130 valence electrons. The Morgan fingerprint density at radius 2 is 2.09 bits per heavy atom. The first-order valence-electron chi connectivity index (χ1n) is 8.78. The molecule has 0 aromatic rings. The Morgan fingerprint density at radius 1 is 1.32 bits per heavy atom. The maximum absolute atomic E-state index is 4.50. The molecule has 2 saturated heterocycles. The van der Waals surface area contributed by atoms with Crippen molar-refractivity contribution < 1.29 is 0 Å². The molecule has 5 heteroatoms. The molecule has 0 aromatic heterocycles. The van der Waals surface area contributed by atoms with Crippen molar-refractivity contribution in [1.82, 2.24) is 15.1 Å². The number of guanidine groups is 1. The van der Waals surface area contributed by atoms with E-state index in [2.05, 4.69) is 40.9 Å². The minimum absolute atomic E-state index is 0. The van der Waals surface area contributed by atoms with Crippen LogP contribution in [0.4, 0.5) is 0 Å². The van der Waals surface area contributed by atoms with Crippen LogP contribution < -0.4 is 5.32 Å². The molecule has 2 fully saturated rings. The third-order valence-corrected chi connectivity index (χ3v) is 5.38. The number of rotatable bonds is 5. The van der Waals surface area contributed by atoms with Crippen LogP contribution in [0.15, 0.2) is 4.99 Å². The van der Waals surface area contributed by atoms with Crippen LogP contribution in [0, 0.1) is 11.3 Å². The van der Waals surface area contributed by atoms with E-state index < -0.39 is 0 Å². The fourth-order valence-electron chi connectivity index (χ4n) is 3.66. The van der Waals surface area contributed by atoms with Crippen LogP contribution >= 0.6 is 24.0 Å². The lowest BCUT2D eigenvalue weighted by Crippen LogP contribution is -2.43. The summed E-state index contributed by atoms with van der Waals surface area (Å²) in [7, 11) is 1.92.